The molecule has 1 N–H and O–H groups in total. The number of hydrogen-bond donors (Lipinski definition) is 1. The van der Waals surface area contributed by atoms with Crippen molar-refractivity contribution in [1.82, 2.24) is 24.1 Å². The molecule has 0 aliphatic carbocycles. The van der Waals surface area contributed by atoms with Crippen LogP contribution in [0.1, 0.15) is 4.88 Å². The van der Waals surface area contributed by atoms with E-state index in [4.69, 9.17) is 0 Å². The van der Waals surface area contributed by atoms with E-state index < -0.39 is 10.0 Å². The van der Waals surface area contributed by atoms with Crippen LogP contribution in [0.4, 0.5) is 5.82 Å². The zero-order valence-corrected chi connectivity index (χ0v) is 14.5. The highest BCUT2D eigenvalue weighted by atomic mass is 32.2. The number of hydrogen-bond acceptors (Lipinski definition) is 7. The molecule has 3 rings (SSSR count). The van der Waals surface area contributed by atoms with Gasteiger partial charge in [-0.1, -0.05) is 0 Å². The maximum atomic E-state index is 12.1. The monoisotopic (exact) mass is 352 g/mol. The lowest BCUT2D eigenvalue weighted by atomic mass is 10.4. The summed E-state index contributed by atoms with van der Waals surface area (Å²) in [4.78, 5) is 9.30. The SMILES string of the molecule is CN(C)S(=O)(=O)c1ccc(CNc2ncnc3c2cnn3C)s1. The van der Waals surface area contributed by atoms with Crippen molar-refractivity contribution in [1.29, 1.82) is 0 Å². The Morgan fingerprint density at radius 1 is 1.30 bits per heavy atom. The van der Waals surface area contributed by atoms with Gasteiger partial charge in [-0.05, 0) is 12.1 Å². The molecule has 0 unspecified atom stereocenters. The van der Waals surface area contributed by atoms with Crippen molar-refractivity contribution in [2.75, 3.05) is 19.4 Å². The Morgan fingerprint density at radius 3 is 2.83 bits per heavy atom. The van der Waals surface area contributed by atoms with Crippen LogP contribution in [0.25, 0.3) is 11.0 Å². The van der Waals surface area contributed by atoms with Gasteiger partial charge in [-0.25, -0.2) is 22.7 Å². The van der Waals surface area contributed by atoms with Gasteiger partial charge >= 0.3 is 0 Å². The maximum absolute atomic E-state index is 12.1. The molecule has 10 heteroatoms. The minimum Gasteiger partial charge on any atom is -0.364 e. The van der Waals surface area contributed by atoms with Crippen LogP contribution in [0.5, 0.6) is 0 Å². The number of anilines is 1. The normalized spacial score (nSPS) is 12.2. The van der Waals surface area contributed by atoms with E-state index in [0.29, 0.717) is 16.6 Å². The lowest BCUT2D eigenvalue weighted by Gasteiger charge is -2.08. The molecule has 0 aliphatic rings. The molecule has 0 fully saturated rings. The van der Waals surface area contributed by atoms with E-state index in [1.165, 1.54) is 36.1 Å². The summed E-state index contributed by atoms with van der Waals surface area (Å²) in [6, 6.07) is 3.42. The van der Waals surface area contributed by atoms with Gasteiger partial charge < -0.3 is 5.32 Å². The Morgan fingerprint density at radius 2 is 2.09 bits per heavy atom. The standard InChI is InChI=1S/C13H16N6O2S2/c1-18(2)23(20,21)11-5-4-9(22-11)6-14-12-10-7-17-19(3)13(10)16-8-15-12/h4-5,7-8H,6H2,1-3H3,(H,14,15,16). The highest BCUT2D eigenvalue weighted by molar-refractivity contribution is 7.91. The molecular weight excluding hydrogens is 336 g/mol. The van der Waals surface area contributed by atoms with Crippen molar-refractivity contribution in [2.45, 2.75) is 10.8 Å². The van der Waals surface area contributed by atoms with Gasteiger partial charge in [0, 0.05) is 26.0 Å². The Hall–Kier alpha value is -2.04. The van der Waals surface area contributed by atoms with Gasteiger partial charge in [0.05, 0.1) is 18.1 Å². The molecule has 0 spiro atoms. The van der Waals surface area contributed by atoms with Crippen molar-refractivity contribution >= 4 is 38.2 Å². The Labute approximate surface area is 137 Å². The van der Waals surface area contributed by atoms with Crippen molar-refractivity contribution in [2.24, 2.45) is 7.05 Å². The van der Waals surface area contributed by atoms with E-state index in [9.17, 15) is 8.42 Å². The zero-order chi connectivity index (χ0) is 16.6. The molecule has 0 amide bonds. The molecule has 0 radical (unpaired) electrons. The van der Waals surface area contributed by atoms with Gasteiger partial charge in [0.25, 0.3) is 10.0 Å². The van der Waals surface area contributed by atoms with Crippen molar-refractivity contribution < 1.29 is 8.42 Å². The largest absolute Gasteiger partial charge is 0.364 e. The van der Waals surface area contributed by atoms with Crippen molar-refractivity contribution in [3.63, 3.8) is 0 Å². The maximum Gasteiger partial charge on any atom is 0.252 e. The fourth-order valence-corrected chi connectivity index (χ4v) is 4.51. The van der Waals surface area contributed by atoms with E-state index in [-0.39, 0.29) is 0 Å². The molecule has 3 heterocycles. The third-order valence-corrected chi connectivity index (χ3v) is 6.70. The minimum absolute atomic E-state index is 0.327. The van der Waals surface area contributed by atoms with Gasteiger partial charge in [0.15, 0.2) is 5.65 Å². The number of rotatable bonds is 5. The summed E-state index contributed by atoms with van der Waals surface area (Å²) >= 11 is 1.24. The second kappa shape index (κ2) is 5.87. The zero-order valence-electron chi connectivity index (χ0n) is 12.9. The molecule has 122 valence electrons. The van der Waals surface area contributed by atoms with Crippen LogP contribution in [0.15, 0.2) is 28.9 Å². The number of thiophene rings is 1. The first-order chi connectivity index (χ1) is 10.9. The number of nitrogens with one attached hydrogen (secondary N) is 1. The number of nitrogens with zero attached hydrogens (tertiary/aromatic N) is 5. The predicted octanol–water partition coefficient (Wildman–Crippen LogP) is 1.29. The first-order valence-corrected chi connectivity index (χ1v) is 9.03. The number of sulfonamides is 1. The molecule has 3 aromatic heterocycles. The van der Waals surface area contributed by atoms with Crippen LogP contribution in [-0.4, -0.2) is 46.6 Å². The molecule has 0 atom stereocenters. The van der Waals surface area contributed by atoms with Gasteiger partial charge in [-0.2, -0.15) is 5.10 Å². The Kier molecular flexibility index (Phi) is 4.04. The average Bonchev–Trinajstić information content (AvgIpc) is 3.13. The lowest BCUT2D eigenvalue weighted by molar-refractivity contribution is 0.523. The van der Waals surface area contributed by atoms with Crippen LogP contribution in [0.2, 0.25) is 0 Å². The summed E-state index contributed by atoms with van der Waals surface area (Å²) in [5.41, 5.74) is 0.740. The number of aromatic nitrogens is 4. The molecule has 0 saturated heterocycles. The van der Waals surface area contributed by atoms with Crippen LogP contribution in [-0.2, 0) is 23.6 Å². The van der Waals surface area contributed by atoms with E-state index in [1.807, 2.05) is 7.05 Å². The molecule has 0 saturated carbocycles. The first-order valence-electron chi connectivity index (χ1n) is 6.77. The topological polar surface area (TPSA) is 93.0 Å². The summed E-state index contributed by atoms with van der Waals surface area (Å²) in [7, 11) is 1.47. The van der Waals surface area contributed by atoms with Crippen LogP contribution >= 0.6 is 11.3 Å². The van der Waals surface area contributed by atoms with Gasteiger partial charge in [0.1, 0.15) is 16.4 Å². The fraction of sp³-hybridized carbons (Fsp3) is 0.308. The predicted molar refractivity (Wildman–Crippen MR) is 88.8 cm³/mol. The molecule has 3 aromatic rings. The van der Waals surface area contributed by atoms with Gasteiger partial charge in [-0.15, -0.1) is 11.3 Å². The van der Waals surface area contributed by atoms with E-state index in [1.54, 1.807) is 23.0 Å². The summed E-state index contributed by atoms with van der Waals surface area (Å²) in [6.07, 6.45) is 3.18. The summed E-state index contributed by atoms with van der Waals surface area (Å²) in [5, 5.41) is 8.19. The lowest BCUT2D eigenvalue weighted by Crippen LogP contribution is -2.21. The first kappa shape index (κ1) is 15.8. The second-order valence-electron chi connectivity index (χ2n) is 5.09. The highest BCUT2D eigenvalue weighted by Gasteiger charge is 2.19. The average molecular weight is 352 g/mol. The van der Waals surface area contributed by atoms with Crippen molar-refractivity contribution in [3.05, 3.63) is 29.5 Å². The van der Waals surface area contributed by atoms with Crippen LogP contribution in [0.3, 0.4) is 0 Å². The summed E-state index contributed by atoms with van der Waals surface area (Å²) < 4.78 is 27.4. The van der Waals surface area contributed by atoms with E-state index in [0.717, 1.165) is 15.9 Å². The third-order valence-electron chi connectivity index (χ3n) is 3.33. The van der Waals surface area contributed by atoms with Crippen molar-refractivity contribution in [3.8, 4) is 0 Å². The van der Waals surface area contributed by atoms with Crippen LogP contribution in [0, 0.1) is 0 Å². The van der Waals surface area contributed by atoms with E-state index in [2.05, 4.69) is 20.4 Å². The minimum atomic E-state index is -3.39. The molecule has 8 nitrogen and oxygen atoms in total. The van der Waals surface area contributed by atoms with Crippen LogP contribution < -0.4 is 5.32 Å². The van der Waals surface area contributed by atoms with Gasteiger partial charge in [0.2, 0.25) is 0 Å². The second-order valence-corrected chi connectivity index (χ2v) is 8.64. The molecule has 0 aliphatic heterocycles. The molecule has 0 bridgehead atoms. The Bertz CT molecular complexity index is 944. The summed E-state index contributed by atoms with van der Waals surface area (Å²) in [6.45, 7) is 0.481. The quantitative estimate of drug-likeness (QED) is 0.744. The summed E-state index contributed by atoms with van der Waals surface area (Å²) in [5.74, 6) is 0.675. The van der Waals surface area contributed by atoms with Gasteiger partial charge in [-0.3, -0.25) is 4.68 Å². The molecular formula is C13H16N6O2S2. The third kappa shape index (κ3) is 2.92. The number of fused-ring (bicyclic) bond motifs is 1. The number of aryl methyl sites for hydroxylation is 1. The highest BCUT2D eigenvalue weighted by Crippen LogP contribution is 2.25. The smallest absolute Gasteiger partial charge is 0.252 e. The molecule has 23 heavy (non-hydrogen) atoms. The molecule has 0 aromatic carbocycles. The van der Waals surface area contributed by atoms with E-state index >= 15 is 0 Å². The fourth-order valence-electron chi connectivity index (χ4n) is 2.05. The Balaban J connectivity index is 1.80.